The van der Waals surface area contributed by atoms with Gasteiger partial charge in [0.25, 0.3) is 0 Å². The molecule has 3 aromatic carbocycles. The molecule has 1 aliphatic heterocycles. The van der Waals surface area contributed by atoms with Gasteiger partial charge in [-0.2, -0.15) is 4.98 Å². The standard InChI is InChI=1S/C30H27FN4O2S/c31-24-10-5-4-9-22(24)19-38-30-33-29-32-25-11-6-12-26(36)27(25)28(35(29)34-30)21-13-15-23(16-14-21)37-18-17-20-7-2-1-3-8-20/h1-5,7-10,13-16,28H,6,11-12,17-19H2,(H,32,33,34). The number of fused-ring (bicyclic) bond motifs is 1. The molecule has 1 N–H and O–H groups in total. The van der Waals surface area contributed by atoms with Gasteiger partial charge >= 0.3 is 0 Å². The Morgan fingerprint density at radius 1 is 1.00 bits per heavy atom. The van der Waals surface area contributed by atoms with Crippen LogP contribution in [0.1, 0.15) is 42.0 Å². The Labute approximate surface area is 224 Å². The van der Waals surface area contributed by atoms with E-state index in [0.29, 0.717) is 35.4 Å². The van der Waals surface area contributed by atoms with Gasteiger partial charge in [0.1, 0.15) is 17.6 Å². The highest BCUT2D eigenvalue weighted by molar-refractivity contribution is 7.98. The summed E-state index contributed by atoms with van der Waals surface area (Å²) in [4.78, 5) is 17.8. The fourth-order valence-corrected chi connectivity index (χ4v) is 5.76. The van der Waals surface area contributed by atoms with Crippen LogP contribution in [0, 0.1) is 5.82 Å². The van der Waals surface area contributed by atoms with Gasteiger partial charge in [-0.05, 0) is 47.7 Å². The topological polar surface area (TPSA) is 69.0 Å². The SMILES string of the molecule is O=C1CCCC2=C1C(c1ccc(OCCc3ccccc3)cc1)n1nc(SCc3ccccc3F)nc1N2. The molecular weight excluding hydrogens is 499 g/mol. The molecule has 8 heteroatoms. The van der Waals surface area contributed by atoms with Gasteiger partial charge in [-0.3, -0.25) is 4.79 Å². The van der Waals surface area contributed by atoms with Crippen LogP contribution in [0.15, 0.2) is 95.3 Å². The van der Waals surface area contributed by atoms with Crippen molar-refractivity contribution in [3.8, 4) is 5.75 Å². The molecule has 0 saturated heterocycles. The third-order valence-electron chi connectivity index (χ3n) is 6.86. The summed E-state index contributed by atoms with van der Waals surface area (Å²) in [6.45, 7) is 0.584. The van der Waals surface area contributed by atoms with Gasteiger partial charge < -0.3 is 10.1 Å². The minimum atomic E-state index is -0.372. The molecule has 0 amide bonds. The maximum Gasteiger partial charge on any atom is 0.227 e. The Morgan fingerprint density at radius 2 is 1.79 bits per heavy atom. The lowest BCUT2D eigenvalue weighted by Gasteiger charge is -2.32. The van der Waals surface area contributed by atoms with Gasteiger partial charge in [-0.25, -0.2) is 9.07 Å². The van der Waals surface area contributed by atoms with Crippen molar-refractivity contribution in [1.29, 1.82) is 0 Å². The van der Waals surface area contributed by atoms with E-state index in [1.165, 1.54) is 23.4 Å². The number of anilines is 1. The number of nitrogens with one attached hydrogen (secondary N) is 1. The molecule has 1 atom stereocenters. The van der Waals surface area contributed by atoms with Gasteiger partial charge in [0.05, 0.1) is 6.61 Å². The van der Waals surface area contributed by atoms with E-state index in [4.69, 9.17) is 9.84 Å². The van der Waals surface area contributed by atoms with Gasteiger partial charge in [-0.15, -0.1) is 5.10 Å². The second-order valence-corrected chi connectivity index (χ2v) is 10.3. The molecule has 1 unspecified atom stereocenters. The van der Waals surface area contributed by atoms with Crippen LogP contribution in [0.5, 0.6) is 5.75 Å². The molecule has 0 spiro atoms. The molecule has 1 aliphatic carbocycles. The number of halogens is 1. The van der Waals surface area contributed by atoms with Crippen molar-refractivity contribution in [3.05, 3.63) is 113 Å². The first-order chi connectivity index (χ1) is 18.7. The van der Waals surface area contributed by atoms with Crippen LogP contribution in [0.4, 0.5) is 10.3 Å². The predicted octanol–water partition coefficient (Wildman–Crippen LogP) is 6.35. The monoisotopic (exact) mass is 526 g/mol. The summed E-state index contributed by atoms with van der Waals surface area (Å²) >= 11 is 1.38. The summed E-state index contributed by atoms with van der Waals surface area (Å²) in [7, 11) is 0. The van der Waals surface area contributed by atoms with E-state index >= 15 is 0 Å². The molecule has 4 aromatic rings. The van der Waals surface area contributed by atoms with Crippen molar-refractivity contribution < 1.29 is 13.9 Å². The Kier molecular flexibility index (Phi) is 6.96. The number of ketones is 1. The minimum Gasteiger partial charge on any atom is -0.493 e. The van der Waals surface area contributed by atoms with Crippen molar-refractivity contribution in [1.82, 2.24) is 14.8 Å². The average Bonchev–Trinajstić information content (AvgIpc) is 3.35. The second kappa shape index (κ2) is 10.8. The Bertz CT molecular complexity index is 1480. The van der Waals surface area contributed by atoms with E-state index in [0.717, 1.165) is 41.8 Å². The van der Waals surface area contributed by atoms with E-state index in [2.05, 4.69) is 22.4 Å². The first kappa shape index (κ1) is 24.4. The third-order valence-corrected chi connectivity index (χ3v) is 7.75. The van der Waals surface area contributed by atoms with Crippen molar-refractivity contribution in [2.45, 2.75) is 42.6 Å². The summed E-state index contributed by atoms with van der Waals surface area (Å²) in [5.74, 6) is 1.69. The van der Waals surface area contributed by atoms with Crippen LogP contribution in [0.25, 0.3) is 0 Å². The third kappa shape index (κ3) is 5.09. The smallest absolute Gasteiger partial charge is 0.227 e. The van der Waals surface area contributed by atoms with Gasteiger partial charge in [0, 0.05) is 29.9 Å². The number of Topliss-reactive ketones (excluding diaryl/α,β-unsaturated/α-hetero) is 1. The second-order valence-electron chi connectivity index (χ2n) is 9.39. The number of aromatic nitrogens is 3. The molecule has 6 nitrogen and oxygen atoms in total. The number of benzene rings is 3. The number of rotatable bonds is 8. The molecule has 1 aromatic heterocycles. The van der Waals surface area contributed by atoms with Gasteiger partial charge in [0.15, 0.2) is 5.78 Å². The number of allylic oxidation sites excluding steroid dienone is 2. The summed E-state index contributed by atoms with van der Waals surface area (Å²) in [5, 5.41) is 8.64. The van der Waals surface area contributed by atoms with Crippen LogP contribution in [-0.4, -0.2) is 27.2 Å². The van der Waals surface area contributed by atoms with Crippen LogP contribution < -0.4 is 10.1 Å². The first-order valence-electron chi connectivity index (χ1n) is 12.8. The highest BCUT2D eigenvalue weighted by atomic mass is 32.2. The lowest BCUT2D eigenvalue weighted by molar-refractivity contribution is -0.116. The fraction of sp³-hybridized carbons (Fsp3) is 0.233. The zero-order valence-corrected chi connectivity index (χ0v) is 21.6. The zero-order valence-electron chi connectivity index (χ0n) is 20.8. The number of hydrogen-bond donors (Lipinski definition) is 1. The maximum absolute atomic E-state index is 14.1. The molecule has 2 heterocycles. The minimum absolute atomic E-state index is 0.133. The molecule has 192 valence electrons. The van der Waals surface area contributed by atoms with E-state index < -0.39 is 0 Å². The molecule has 38 heavy (non-hydrogen) atoms. The van der Waals surface area contributed by atoms with E-state index in [9.17, 15) is 9.18 Å². The molecule has 0 radical (unpaired) electrons. The van der Waals surface area contributed by atoms with Crippen LogP contribution in [-0.2, 0) is 17.0 Å². The zero-order chi connectivity index (χ0) is 25.9. The van der Waals surface area contributed by atoms with E-state index in [1.807, 2.05) is 48.5 Å². The quantitative estimate of drug-likeness (QED) is 0.270. The largest absolute Gasteiger partial charge is 0.493 e. The normalized spacial score (nSPS) is 16.6. The summed E-state index contributed by atoms with van der Waals surface area (Å²) in [5.41, 5.74) is 4.44. The number of ether oxygens (including phenoxy) is 1. The number of hydrogen-bond acceptors (Lipinski definition) is 6. The fourth-order valence-electron chi connectivity index (χ4n) is 4.94. The number of carbonyl (C=O) groups is 1. The van der Waals surface area contributed by atoms with Crippen molar-refractivity contribution in [2.24, 2.45) is 0 Å². The predicted molar refractivity (Wildman–Crippen MR) is 146 cm³/mol. The highest BCUT2D eigenvalue weighted by Crippen LogP contribution is 2.41. The Hall–Kier alpha value is -3.91. The van der Waals surface area contributed by atoms with Crippen molar-refractivity contribution in [2.75, 3.05) is 11.9 Å². The summed E-state index contributed by atoms with van der Waals surface area (Å²) in [6, 6.07) is 24.5. The summed E-state index contributed by atoms with van der Waals surface area (Å²) < 4.78 is 21.9. The molecule has 6 rings (SSSR count). The van der Waals surface area contributed by atoms with Gasteiger partial charge in [0.2, 0.25) is 11.1 Å². The Balaban J connectivity index is 1.23. The molecular formula is C30H27FN4O2S. The van der Waals surface area contributed by atoms with Crippen LogP contribution >= 0.6 is 11.8 Å². The summed E-state index contributed by atoms with van der Waals surface area (Å²) in [6.07, 6.45) is 2.96. The van der Waals surface area contributed by atoms with Crippen LogP contribution in [0.2, 0.25) is 0 Å². The highest BCUT2D eigenvalue weighted by Gasteiger charge is 2.36. The van der Waals surface area contributed by atoms with E-state index in [1.54, 1.807) is 16.8 Å². The lowest BCUT2D eigenvalue weighted by Crippen LogP contribution is -2.31. The first-order valence-corrected chi connectivity index (χ1v) is 13.8. The van der Waals surface area contributed by atoms with E-state index in [-0.39, 0.29) is 17.6 Å². The molecule has 0 fully saturated rings. The molecule has 0 bridgehead atoms. The van der Waals surface area contributed by atoms with Crippen molar-refractivity contribution >= 4 is 23.5 Å². The Morgan fingerprint density at radius 3 is 2.61 bits per heavy atom. The maximum atomic E-state index is 14.1. The van der Waals surface area contributed by atoms with Crippen molar-refractivity contribution in [3.63, 3.8) is 0 Å². The van der Waals surface area contributed by atoms with Gasteiger partial charge in [-0.1, -0.05) is 72.4 Å². The number of carbonyl (C=O) groups excluding carboxylic acids is 1. The average molecular weight is 527 g/mol. The molecule has 0 saturated carbocycles. The number of nitrogens with zero attached hydrogens (tertiary/aromatic N) is 3. The number of thioether (sulfide) groups is 1. The molecule has 2 aliphatic rings. The van der Waals surface area contributed by atoms with Crippen LogP contribution in [0.3, 0.4) is 0 Å². The lowest BCUT2D eigenvalue weighted by atomic mass is 9.85.